The van der Waals surface area contributed by atoms with E-state index in [1.807, 2.05) is 79.7 Å². The van der Waals surface area contributed by atoms with Crippen LogP contribution in [0, 0.1) is 18.8 Å². The summed E-state index contributed by atoms with van der Waals surface area (Å²) in [5.41, 5.74) is 5.80. The lowest BCUT2D eigenvalue weighted by Gasteiger charge is -2.51. The number of aryl methyl sites for hydroxylation is 1. The van der Waals surface area contributed by atoms with Crippen molar-refractivity contribution in [3.8, 4) is 0 Å². The van der Waals surface area contributed by atoms with Crippen LogP contribution in [0.1, 0.15) is 33.7 Å². The van der Waals surface area contributed by atoms with Gasteiger partial charge in [0.1, 0.15) is 6.54 Å². The van der Waals surface area contributed by atoms with Gasteiger partial charge in [-0.05, 0) is 40.8 Å². The second-order valence-electron chi connectivity index (χ2n) is 8.99. The fraction of sp³-hybridized carbons (Fsp3) is 0.222. The van der Waals surface area contributed by atoms with Gasteiger partial charge in [0, 0.05) is 11.6 Å². The Morgan fingerprint density at radius 3 is 2.12 bits per heavy atom. The van der Waals surface area contributed by atoms with E-state index in [-0.39, 0.29) is 30.2 Å². The number of benzene rings is 3. The van der Waals surface area contributed by atoms with Gasteiger partial charge in [-0.25, -0.2) is 0 Å². The van der Waals surface area contributed by atoms with Gasteiger partial charge in [0.15, 0.2) is 0 Å². The van der Waals surface area contributed by atoms with E-state index in [0.717, 1.165) is 32.7 Å². The molecule has 1 N–H and O–H groups in total. The number of carbonyl (C=O) groups is 3. The van der Waals surface area contributed by atoms with E-state index in [2.05, 4.69) is 21.2 Å². The summed E-state index contributed by atoms with van der Waals surface area (Å²) in [5.74, 6) is -2.28. The van der Waals surface area contributed by atoms with Gasteiger partial charge in [-0.2, -0.15) is 0 Å². The molecule has 6 heteroatoms. The fourth-order valence-corrected chi connectivity index (χ4v) is 7.14. The zero-order valence-electron chi connectivity index (χ0n) is 17.9. The van der Waals surface area contributed by atoms with Crippen LogP contribution in [0.2, 0.25) is 0 Å². The van der Waals surface area contributed by atoms with Gasteiger partial charge in [-0.15, -0.1) is 0 Å². The maximum Gasteiger partial charge on any atom is 0.244 e. The van der Waals surface area contributed by atoms with Gasteiger partial charge in [0.05, 0.1) is 16.2 Å². The van der Waals surface area contributed by atoms with Crippen molar-refractivity contribution >= 4 is 39.3 Å². The number of amides is 3. The molecule has 0 saturated carbocycles. The molecule has 1 saturated heterocycles. The van der Waals surface area contributed by atoms with Gasteiger partial charge in [-0.3, -0.25) is 19.3 Å². The lowest BCUT2D eigenvalue weighted by molar-refractivity contribution is -0.142. The van der Waals surface area contributed by atoms with Crippen molar-refractivity contribution in [3.63, 3.8) is 0 Å². The van der Waals surface area contributed by atoms with Gasteiger partial charge in [0.25, 0.3) is 0 Å². The molecule has 3 aromatic rings. The third-order valence-electron chi connectivity index (χ3n) is 7.33. The summed E-state index contributed by atoms with van der Waals surface area (Å²) in [6.45, 7) is 1.61. The average molecular weight is 501 g/mol. The van der Waals surface area contributed by atoms with Crippen molar-refractivity contribution in [3.05, 3.63) is 101 Å². The molecule has 0 aromatic heterocycles. The number of anilines is 1. The summed E-state index contributed by atoms with van der Waals surface area (Å²) in [6.07, 6.45) is 0. The molecule has 1 aliphatic heterocycles. The second-order valence-corrected chi connectivity index (χ2v) is 10.2. The molecule has 0 spiro atoms. The Morgan fingerprint density at radius 2 is 1.48 bits per heavy atom. The van der Waals surface area contributed by atoms with Crippen LogP contribution in [0.3, 0.4) is 0 Å². The highest BCUT2D eigenvalue weighted by molar-refractivity contribution is 9.09. The molecule has 3 amide bonds. The molecule has 2 bridgehead atoms. The lowest BCUT2D eigenvalue weighted by Crippen LogP contribution is -2.50. The topological polar surface area (TPSA) is 66.5 Å². The largest absolute Gasteiger partial charge is 0.324 e. The van der Waals surface area contributed by atoms with Crippen molar-refractivity contribution in [2.75, 3.05) is 11.9 Å². The highest BCUT2D eigenvalue weighted by Crippen LogP contribution is 2.66. The summed E-state index contributed by atoms with van der Waals surface area (Å²) in [6, 6.07) is 23.5. The number of imide groups is 1. The highest BCUT2D eigenvalue weighted by atomic mass is 79.9. The molecule has 7 rings (SSSR count). The smallest absolute Gasteiger partial charge is 0.244 e. The summed E-state index contributed by atoms with van der Waals surface area (Å²) in [7, 11) is 0. The van der Waals surface area contributed by atoms with Crippen LogP contribution in [-0.2, 0) is 18.7 Å². The molecule has 3 aliphatic carbocycles. The van der Waals surface area contributed by atoms with Crippen molar-refractivity contribution in [2.24, 2.45) is 11.8 Å². The predicted molar refractivity (Wildman–Crippen MR) is 128 cm³/mol. The Kier molecular flexibility index (Phi) is 4.40. The third kappa shape index (κ3) is 2.67. The molecule has 164 valence electrons. The van der Waals surface area contributed by atoms with Gasteiger partial charge in [0.2, 0.25) is 17.7 Å². The van der Waals surface area contributed by atoms with Crippen LogP contribution in [-0.4, -0.2) is 29.2 Å². The van der Waals surface area contributed by atoms with E-state index in [1.54, 1.807) is 0 Å². The second kappa shape index (κ2) is 7.12. The molecular formula is C27H21BrN2O3. The quantitative estimate of drug-likeness (QED) is 0.429. The number of alkyl halides is 1. The van der Waals surface area contributed by atoms with E-state index < -0.39 is 16.2 Å². The van der Waals surface area contributed by atoms with Crippen LogP contribution in [0.25, 0.3) is 0 Å². The number of para-hydroxylation sites is 1. The summed E-state index contributed by atoms with van der Waals surface area (Å²) in [4.78, 5) is 41.4. The Labute approximate surface area is 199 Å². The average Bonchev–Trinajstić information content (AvgIpc) is 3.07. The zero-order chi connectivity index (χ0) is 22.9. The summed E-state index contributed by atoms with van der Waals surface area (Å²) >= 11 is 3.96. The molecule has 0 radical (unpaired) electrons. The summed E-state index contributed by atoms with van der Waals surface area (Å²) < 4.78 is -0.798. The van der Waals surface area contributed by atoms with Crippen LogP contribution in [0.15, 0.2) is 72.8 Å². The number of likely N-dealkylation sites (tertiary alicyclic amines) is 1. The van der Waals surface area contributed by atoms with Gasteiger partial charge >= 0.3 is 0 Å². The SMILES string of the molecule is Cc1ccccc1NC(=O)CN1C(=O)[C@H]2C3c4ccccc4C(Br)(c4ccccc43)[C@H]2C1=O. The minimum Gasteiger partial charge on any atom is -0.324 e. The van der Waals surface area contributed by atoms with Crippen LogP contribution < -0.4 is 5.32 Å². The van der Waals surface area contributed by atoms with E-state index in [0.29, 0.717) is 5.69 Å². The lowest BCUT2D eigenvalue weighted by atomic mass is 9.55. The number of halogens is 1. The Balaban J connectivity index is 1.40. The number of nitrogens with zero attached hydrogens (tertiary/aromatic N) is 1. The molecule has 33 heavy (non-hydrogen) atoms. The summed E-state index contributed by atoms with van der Waals surface area (Å²) in [5, 5.41) is 2.84. The molecular weight excluding hydrogens is 480 g/mol. The van der Waals surface area contributed by atoms with E-state index in [4.69, 9.17) is 0 Å². The number of carbonyl (C=O) groups excluding carboxylic acids is 3. The molecule has 2 atom stereocenters. The Morgan fingerprint density at radius 1 is 0.909 bits per heavy atom. The van der Waals surface area contributed by atoms with Gasteiger partial charge in [-0.1, -0.05) is 82.7 Å². The van der Waals surface area contributed by atoms with Crippen molar-refractivity contribution in [1.82, 2.24) is 4.90 Å². The first-order valence-corrected chi connectivity index (χ1v) is 11.8. The zero-order valence-corrected chi connectivity index (χ0v) is 19.5. The standard InChI is InChI=1S/C27H21BrN2O3/c1-15-8-2-7-13-20(15)29-21(31)14-30-25(32)23-22-16-9-3-5-11-18(16)27(28,24(23)26(30)33)19-12-6-4-10-17(19)22/h2-13,22-24H,14H2,1H3,(H,29,31)/t22?,23-,24+,27?/m0/s1. The highest BCUT2D eigenvalue weighted by Gasteiger charge is 2.67. The number of hydrogen-bond acceptors (Lipinski definition) is 3. The first kappa shape index (κ1) is 20.4. The molecule has 4 aliphatic rings. The number of nitrogens with one attached hydrogen (secondary N) is 1. The van der Waals surface area contributed by atoms with Crippen LogP contribution in [0.5, 0.6) is 0 Å². The Bertz CT molecular complexity index is 1300. The van der Waals surface area contributed by atoms with Crippen LogP contribution in [0.4, 0.5) is 5.69 Å². The first-order chi connectivity index (χ1) is 15.9. The van der Waals surface area contributed by atoms with Crippen LogP contribution >= 0.6 is 15.9 Å². The van der Waals surface area contributed by atoms with E-state index in [1.165, 1.54) is 0 Å². The Hall–Kier alpha value is -3.25. The van der Waals surface area contributed by atoms with E-state index in [9.17, 15) is 14.4 Å². The molecule has 1 fully saturated rings. The minimum atomic E-state index is -0.798. The number of rotatable bonds is 3. The maximum atomic E-state index is 13.7. The minimum absolute atomic E-state index is 0.206. The molecule has 0 unspecified atom stereocenters. The van der Waals surface area contributed by atoms with Crippen molar-refractivity contribution in [2.45, 2.75) is 17.2 Å². The first-order valence-electron chi connectivity index (χ1n) is 11.0. The predicted octanol–water partition coefficient (Wildman–Crippen LogP) is 4.33. The maximum absolute atomic E-state index is 13.7. The van der Waals surface area contributed by atoms with Gasteiger partial charge < -0.3 is 5.32 Å². The molecule has 5 nitrogen and oxygen atoms in total. The van der Waals surface area contributed by atoms with Crippen molar-refractivity contribution in [1.29, 1.82) is 0 Å². The third-order valence-corrected chi connectivity index (χ3v) is 8.67. The fourth-order valence-electron chi connectivity index (χ4n) is 5.94. The molecule has 3 aromatic carbocycles. The van der Waals surface area contributed by atoms with E-state index >= 15 is 0 Å². The van der Waals surface area contributed by atoms with Crippen molar-refractivity contribution < 1.29 is 14.4 Å². The monoisotopic (exact) mass is 500 g/mol. The number of hydrogen-bond donors (Lipinski definition) is 1. The normalized spacial score (nSPS) is 26.6. The molecule has 1 heterocycles.